The van der Waals surface area contributed by atoms with Gasteiger partial charge < -0.3 is 10.6 Å². The second-order valence-corrected chi connectivity index (χ2v) is 4.33. The van der Waals surface area contributed by atoms with Gasteiger partial charge in [-0.3, -0.25) is 0 Å². The molecule has 0 saturated carbocycles. The van der Waals surface area contributed by atoms with E-state index in [1.807, 2.05) is 0 Å². The van der Waals surface area contributed by atoms with Gasteiger partial charge in [-0.2, -0.15) is 0 Å². The first kappa shape index (κ1) is 12.0. The lowest BCUT2D eigenvalue weighted by molar-refractivity contribution is 0.518. The molecule has 2 heteroatoms. The maximum atomic E-state index is 3.52. The van der Waals surface area contributed by atoms with Gasteiger partial charge >= 0.3 is 0 Å². The molecular formula is C12H26N2. The van der Waals surface area contributed by atoms with Crippen molar-refractivity contribution in [3.05, 3.63) is 0 Å². The summed E-state index contributed by atoms with van der Waals surface area (Å²) in [6, 6.07) is 0. The molecule has 0 aromatic carbocycles. The molecule has 1 fully saturated rings. The summed E-state index contributed by atoms with van der Waals surface area (Å²) in [5.41, 5.74) is 0. The summed E-state index contributed by atoms with van der Waals surface area (Å²) in [6.07, 6.45) is 11.0. The van der Waals surface area contributed by atoms with E-state index in [2.05, 4.69) is 10.6 Å². The van der Waals surface area contributed by atoms with Crippen LogP contribution in [0.1, 0.15) is 51.4 Å². The molecule has 0 radical (unpaired) electrons. The van der Waals surface area contributed by atoms with E-state index in [4.69, 9.17) is 0 Å². The smallest absolute Gasteiger partial charge is 0.00489 e. The van der Waals surface area contributed by atoms with Crippen molar-refractivity contribution in [2.45, 2.75) is 51.4 Å². The average Bonchev–Trinajstić information content (AvgIpc) is 2.22. The molecule has 0 atom stereocenters. The van der Waals surface area contributed by atoms with Gasteiger partial charge in [0.25, 0.3) is 0 Å². The standard InChI is InChI=1S/C12H26N2/c1-2-6-10-14-12-8-4-3-7-11-13-9-5-1/h13-14H,1-12H2. The van der Waals surface area contributed by atoms with Crippen LogP contribution in [-0.4, -0.2) is 26.2 Å². The van der Waals surface area contributed by atoms with Crippen LogP contribution < -0.4 is 10.6 Å². The Balaban J connectivity index is 2.00. The molecule has 0 aromatic heterocycles. The van der Waals surface area contributed by atoms with Crippen LogP contribution in [0.15, 0.2) is 0 Å². The molecule has 1 aliphatic heterocycles. The lowest BCUT2D eigenvalue weighted by Gasteiger charge is -2.08. The van der Waals surface area contributed by atoms with E-state index in [9.17, 15) is 0 Å². The predicted octanol–water partition coefficient (Wildman–Crippen LogP) is 2.30. The zero-order valence-corrected chi connectivity index (χ0v) is 9.49. The Bertz CT molecular complexity index is 61.6. The Morgan fingerprint density at radius 3 is 0.929 bits per heavy atom. The zero-order chi connectivity index (χ0) is 9.90. The summed E-state index contributed by atoms with van der Waals surface area (Å²) < 4.78 is 0. The molecule has 1 saturated heterocycles. The minimum Gasteiger partial charge on any atom is -0.317 e. The lowest BCUT2D eigenvalue weighted by Crippen LogP contribution is -2.19. The van der Waals surface area contributed by atoms with Gasteiger partial charge in [-0.25, -0.2) is 0 Å². The van der Waals surface area contributed by atoms with Crippen LogP contribution in [-0.2, 0) is 0 Å². The fourth-order valence-electron chi connectivity index (χ4n) is 1.96. The third-order valence-corrected chi connectivity index (χ3v) is 2.91. The molecule has 2 nitrogen and oxygen atoms in total. The Morgan fingerprint density at radius 1 is 0.357 bits per heavy atom. The Labute approximate surface area is 88.8 Å². The number of nitrogens with one attached hydrogen (secondary N) is 2. The Kier molecular flexibility index (Phi) is 8.12. The largest absolute Gasteiger partial charge is 0.317 e. The quantitative estimate of drug-likeness (QED) is 0.624. The highest BCUT2D eigenvalue weighted by molar-refractivity contribution is 4.55. The van der Waals surface area contributed by atoms with Gasteiger partial charge in [0.05, 0.1) is 0 Å². The Hall–Kier alpha value is -0.0800. The van der Waals surface area contributed by atoms with Crippen molar-refractivity contribution in [3.63, 3.8) is 0 Å². The molecular weight excluding hydrogens is 172 g/mol. The second kappa shape index (κ2) is 9.47. The number of rotatable bonds is 0. The molecule has 1 aliphatic rings. The highest BCUT2D eigenvalue weighted by Gasteiger charge is 1.94. The second-order valence-electron chi connectivity index (χ2n) is 4.33. The first-order valence-corrected chi connectivity index (χ1v) is 6.41. The molecule has 84 valence electrons. The van der Waals surface area contributed by atoms with E-state index in [0.717, 1.165) is 0 Å². The summed E-state index contributed by atoms with van der Waals surface area (Å²) in [4.78, 5) is 0. The van der Waals surface area contributed by atoms with Gasteiger partial charge in [-0.05, 0) is 51.9 Å². The molecule has 1 heterocycles. The molecule has 0 amide bonds. The SMILES string of the molecule is C1CCCNCCCCCCNCC1. The van der Waals surface area contributed by atoms with Crippen LogP contribution in [0.25, 0.3) is 0 Å². The van der Waals surface area contributed by atoms with Gasteiger partial charge in [0.1, 0.15) is 0 Å². The van der Waals surface area contributed by atoms with E-state index >= 15 is 0 Å². The van der Waals surface area contributed by atoms with Gasteiger partial charge in [0.2, 0.25) is 0 Å². The van der Waals surface area contributed by atoms with Crippen LogP contribution in [0.2, 0.25) is 0 Å². The normalized spacial score (nSPS) is 24.0. The van der Waals surface area contributed by atoms with Crippen LogP contribution in [0.4, 0.5) is 0 Å². The maximum absolute atomic E-state index is 3.52. The molecule has 0 spiro atoms. The summed E-state index contributed by atoms with van der Waals surface area (Å²) >= 11 is 0. The minimum atomic E-state index is 1.23. The highest BCUT2D eigenvalue weighted by Crippen LogP contribution is 2.01. The summed E-state index contributed by atoms with van der Waals surface area (Å²) in [5.74, 6) is 0. The summed E-state index contributed by atoms with van der Waals surface area (Å²) in [6.45, 7) is 4.92. The van der Waals surface area contributed by atoms with Crippen molar-refractivity contribution in [2.24, 2.45) is 0 Å². The first-order valence-electron chi connectivity index (χ1n) is 6.41. The lowest BCUT2D eigenvalue weighted by atomic mass is 10.1. The first-order chi connectivity index (χ1) is 7.00. The molecule has 2 N–H and O–H groups in total. The van der Waals surface area contributed by atoms with E-state index in [0.29, 0.717) is 0 Å². The third-order valence-electron chi connectivity index (χ3n) is 2.91. The predicted molar refractivity (Wildman–Crippen MR) is 62.7 cm³/mol. The van der Waals surface area contributed by atoms with E-state index < -0.39 is 0 Å². The van der Waals surface area contributed by atoms with Crippen LogP contribution >= 0.6 is 0 Å². The van der Waals surface area contributed by atoms with E-state index in [1.165, 1.54) is 77.5 Å². The molecule has 0 bridgehead atoms. The van der Waals surface area contributed by atoms with Crippen LogP contribution in [0.5, 0.6) is 0 Å². The molecule has 0 aliphatic carbocycles. The van der Waals surface area contributed by atoms with Crippen LogP contribution in [0, 0.1) is 0 Å². The molecule has 1 rings (SSSR count). The molecule has 0 unspecified atom stereocenters. The summed E-state index contributed by atoms with van der Waals surface area (Å²) in [5, 5.41) is 7.05. The van der Waals surface area contributed by atoms with Crippen molar-refractivity contribution in [2.75, 3.05) is 26.2 Å². The molecule has 14 heavy (non-hydrogen) atoms. The monoisotopic (exact) mass is 198 g/mol. The van der Waals surface area contributed by atoms with Crippen LogP contribution in [0.3, 0.4) is 0 Å². The van der Waals surface area contributed by atoms with Crippen molar-refractivity contribution in [1.82, 2.24) is 10.6 Å². The fourth-order valence-corrected chi connectivity index (χ4v) is 1.96. The van der Waals surface area contributed by atoms with Gasteiger partial charge in [0, 0.05) is 0 Å². The van der Waals surface area contributed by atoms with Crippen molar-refractivity contribution >= 4 is 0 Å². The third kappa shape index (κ3) is 7.34. The van der Waals surface area contributed by atoms with E-state index in [1.54, 1.807) is 0 Å². The van der Waals surface area contributed by atoms with E-state index in [-0.39, 0.29) is 0 Å². The zero-order valence-electron chi connectivity index (χ0n) is 9.49. The average molecular weight is 198 g/mol. The maximum Gasteiger partial charge on any atom is -0.00489 e. The van der Waals surface area contributed by atoms with Crippen molar-refractivity contribution in [3.8, 4) is 0 Å². The number of hydrogen-bond acceptors (Lipinski definition) is 2. The fraction of sp³-hybridized carbons (Fsp3) is 1.00. The van der Waals surface area contributed by atoms with Gasteiger partial charge in [-0.1, -0.05) is 25.7 Å². The Morgan fingerprint density at radius 2 is 0.643 bits per heavy atom. The number of hydrogen-bond donors (Lipinski definition) is 2. The topological polar surface area (TPSA) is 24.1 Å². The van der Waals surface area contributed by atoms with Crippen molar-refractivity contribution in [1.29, 1.82) is 0 Å². The summed E-state index contributed by atoms with van der Waals surface area (Å²) in [7, 11) is 0. The van der Waals surface area contributed by atoms with Gasteiger partial charge in [0.15, 0.2) is 0 Å². The highest BCUT2D eigenvalue weighted by atomic mass is 14.8. The molecule has 0 aromatic rings. The van der Waals surface area contributed by atoms with Gasteiger partial charge in [-0.15, -0.1) is 0 Å². The van der Waals surface area contributed by atoms with Crippen molar-refractivity contribution < 1.29 is 0 Å². The minimum absolute atomic E-state index is 1.23.